The van der Waals surface area contributed by atoms with Crippen molar-refractivity contribution in [2.24, 2.45) is 5.73 Å². The minimum absolute atomic E-state index is 0.0856. The number of carbonyl (C=O) groups is 1. The largest absolute Gasteiger partial charge is 0.489 e. The van der Waals surface area contributed by atoms with E-state index in [9.17, 15) is 9.18 Å². The van der Waals surface area contributed by atoms with Crippen LogP contribution in [0.3, 0.4) is 0 Å². The lowest BCUT2D eigenvalue weighted by atomic mass is 9.83. The van der Waals surface area contributed by atoms with Gasteiger partial charge in [0, 0.05) is 12.6 Å². The van der Waals surface area contributed by atoms with Crippen molar-refractivity contribution >= 4 is 24.0 Å². The van der Waals surface area contributed by atoms with Crippen molar-refractivity contribution in [3.8, 4) is 5.75 Å². The molecule has 31 heavy (non-hydrogen) atoms. The highest BCUT2D eigenvalue weighted by Crippen LogP contribution is 2.36. The molecular formula is C25H32ClFN2O2. The SMILES string of the molecule is CCCN.CN/C=C\c1cc(OC2CCC(c3ccc(F)cc3)CC2)c(Cl)cc1C=O. The number of hydrogen-bond donors (Lipinski definition) is 2. The van der Waals surface area contributed by atoms with Gasteiger partial charge in [0.25, 0.3) is 0 Å². The number of nitrogens with one attached hydrogen (secondary N) is 1. The van der Waals surface area contributed by atoms with Gasteiger partial charge in [-0.3, -0.25) is 4.79 Å². The molecule has 0 amide bonds. The molecule has 6 heteroatoms. The summed E-state index contributed by atoms with van der Waals surface area (Å²) in [4.78, 5) is 11.3. The zero-order valence-corrected chi connectivity index (χ0v) is 19.0. The number of nitrogens with two attached hydrogens (primary N) is 1. The fourth-order valence-electron chi connectivity index (χ4n) is 3.52. The van der Waals surface area contributed by atoms with Crippen LogP contribution in [0.4, 0.5) is 4.39 Å². The Bertz CT molecular complexity index is 845. The third kappa shape index (κ3) is 7.67. The summed E-state index contributed by atoms with van der Waals surface area (Å²) in [6.07, 6.45) is 9.36. The Kier molecular flexibility index (Phi) is 10.5. The second kappa shape index (κ2) is 13.1. The smallest absolute Gasteiger partial charge is 0.150 e. The van der Waals surface area contributed by atoms with Crippen LogP contribution in [0, 0.1) is 5.82 Å². The number of ether oxygens (including phenoxy) is 1. The van der Waals surface area contributed by atoms with Crippen LogP contribution in [0.2, 0.25) is 5.02 Å². The highest BCUT2D eigenvalue weighted by Gasteiger charge is 2.24. The lowest BCUT2D eigenvalue weighted by Gasteiger charge is -2.29. The molecule has 0 spiro atoms. The molecule has 0 bridgehead atoms. The second-order valence-corrected chi connectivity index (χ2v) is 7.99. The summed E-state index contributed by atoms with van der Waals surface area (Å²) in [5.41, 5.74) is 7.50. The Morgan fingerprint density at radius 3 is 2.35 bits per heavy atom. The molecule has 0 aromatic heterocycles. The maximum atomic E-state index is 13.1. The summed E-state index contributed by atoms with van der Waals surface area (Å²) in [6, 6.07) is 10.2. The topological polar surface area (TPSA) is 64.3 Å². The molecule has 0 saturated heterocycles. The van der Waals surface area contributed by atoms with Crippen LogP contribution in [0.15, 0.2) is 42.6 Å². The molecular weight excluding hydrogens is 415 g/mol. The third-order valence-electron chi connectivity index (χ3n) is 5.29. The maximum Gasteiger partial charge on any atom is 0.150 e. The molecule has 2 aromatic rings. The molecule has 0 heterocycles. The first-order valence-corrected chi connectivity index (χ1v) is 11.1. The van der Waals surface area contributed by atoms with Crippen molar-refractivity contribution < 1.29 is 13.9 Å². The van der Waals surface area contributed by atoms with E-state index in [1.165, 1.54) is 17.7 Å². The zero-order chi connectivity index (χ0) is 22.6. The van der Waals surface area contributed by atoms with Gasteiger partial charge in [0.2, 0.25) is 0 Å². The lowest BCUT2D eigenvalue weighted by molar-refractivity contribution is 0.112. The van der Waals surface area contributed by atoms with Crippen molar-refractivity contribution in [3.63, 3.8) is 0 Å². The molecule has 0 radical (unpaired) electrons. The summed E-state index contributed by atoms with van der Waals surface area (Å²) in [7, 11) is 1.80. The Labute approximate surface area is 189 Å². The maximum absolute atomic E-state index is 13.1. The van der Waals surface area contributed by atoms with Crippen molar-refractivity contribution in [1.29, 1.82) is 0 Å². The van der Waals surface area contributed by atoms with E-state index in [1.807, 2.05) is 24.3 Å². The van der Waals surface area contributed by atoms with Gasteiger partial charge in [-0.1, -0.05) is 30.7 Å². The highest BCUT2D eigenvalue weighted by atomic mass is 35.5. The molecule has 3 rings (SSSR count). The third-order valence-corrected chi connectivity index (χ3v) is 5.59. The summed E-state index contributed by atoms with van der Waals surface area (Å²) >= 11 is 6.31. The molecule has 1 aliphatic rings. The van der Waals surface area contributed by atoms with Crippen molar-refractivity contribution in [2.45, 2.75) is 51.0 Å². The van der Waals surface area contributed by atoms with Gasteiger partial charge >= 0.3 is 0 Å². The summed E-state index contributed by atoms with van der Waals surface area (Å²) in [5.74, 6) is 0.836. The van der Waals surface area contributed by atoms with Gasteiger partial charge in [-0.25, -0.2) is 4.39 Å². The average molecular weight is 447 g/mol. The molecule has 4 nitrogen and oxygen atoms in total. The van der Waals surface area contributed by atoms with Crippen molar-refractivity contribution in [1.82, 2.24) is 5.32 Å². The molecule has 0 aliphatic heterocycles. The Balaban J connectivity index is 0.000000785. The zero-order valence-electron chi connectivity index (χ0n) is 18.2. The van der Waals surface area contributed by atoms with Gasteiger partial charge in [-0.15, -0.1) is 0 Å². The van der Waals surface area contributed by atoms with E-state index in [1.54, 1.807) is 19.3 Å². The van der Waals surface area contributed by atoms with E-state index < -0.39 is 0 Å². The van der Waals surface area contributed by atoms with Crippen LogP contribution < -0.4 is 15.8 Å². The van der Waals surface area contributed by atoms with Crippen LogP contribution >= 0.6 is 11.6 Å². The van der Waals surface area contributed by atoms with Gasteiger partial charge < -0.3 is 15.8 Å². The summed E-state index contributed by atoms with van der Waals surface area (Å²) < 4.78 is 19.2. The molecule has 0 atom stereocenters. The summed E-state index contributed by atoms with van der Waals surface area (Å²) in [5, 5.41) is 3.36. The van der Waals surface area contributed by atoms with Crippen LogP contribution in [0.25, 0.3) is 6.08 Å². The molecule has 2 aromatic carbocycles. The number of halogens is 2. The van der Waals surface area contributed by atoms with Crippen molar-refractivity contribution in [2.75, 3.05) is 13.6 Å². The number of hydrogen-bond acceptors (Lipinski definition) is 4. The van der Waals surface area contributed by atoms with Gasteiger partial charge in [0.05, 0.1) is 11.1 Å². The number of benzene rings is 2. The van der Waals surface area contributed by atoms with Crippen LogP contribution in [0.5, 0.6) is 5.75 Å². The van der Waals surface area contributed by atoms with E-state index in [4.69, 9.17) is 22.1 Å². The first-order chi connectivity index (χ1) is 15.0. The molecule has 168 valence electrons. The van der Waals surface area contributed by atoms with E-state index in [0.29, 0.717) is 22.3 Å². The lowest BCUT2D eigenvalue weighted by Crippen LogP contribution is -2.23. The predicted octanol–water partition coefficient (Wildman–Crippen LogP) is 5.94. The monoisotopic (exact) mass is 446 g/mol. The Morgan fingerprint density at radius 2 is 1.81 bits per heavy atom. The van der Waals surface area contributed by atoms with E-state index >= 15 is 0 Å². The average Bonchev–Trinajstić information content (AvgIpc) is 2.80. The molecule has 3 N–H and O–H groups in total. The van der Waals surface area contributed by atoms with Gasteiger partial charge in [-0.05, 0) is 92.2 Å². The van der Waals surface area contributed by atoms with E-state index in [-0.39, 0.29) is 11.9 Å². The second-order valence-electron chi connectivity index (χ2n) is 7.58. The fraction of sp³-hybridized carbons (Fsp3) is 0.400. The fourth-order valence-corrected chi connectivity index (χ4v) is 3.74. The van der Waals surface area contributed by atoms with Gasteiger partial charge in [0.15, 0.2) is 6.29 Å². The Morgan fingerprint density at radius 1 is 1.16 bits per heavy atom. The van der Waals surface area contributed by atoms with E-state index in [2.05, 4.69) is 12.2 Å². The minimum Gasteiger partial charge on any atom is -0.489 e. The normalized spacial score (nSPS) is 18.2. The minimum atomic E-state index is -0.202. The quantitative estimate of drug-likeness (QED) is 0.516. The van der Waals surface area contributed by atoms with Crippen LogP contribution in [0.1, 0.15) is 66.4 Å². The molecule has 1 saturated carbocycles. The number of aldehydes is 1. The van der Waals surface area contributed by atoms with Crippen molar-refractivity contribution in [3.05, 3.63) is 70.1 Å². The summed E-state index contributed by atoms with van der Waals surface area (Å²) in [6.45, 7) is 2.88. The van der Waals surface area contributed by atoms with Crippen LogP contribution in [-0.2, 0) is 0 Å². The van der Waals surface area contributed by atoms with E-state index in [0.717, 1.165) is 50.5 Å². The van der Waals surface area contributed by atoms with Crippen LogP contribution in [-0.4, -0.2) is 26.0 Å². The molecule has 1 aliphatic carbocycles. The highest BCUT2D eigenvalue weighted by molar-refractivity contribution is 6.32. The van der Waals surface area contributed by atoms with Gasteiger partial charge in [-0.2, -0.15) is 0 Å². The number of rotatable bonds is 7. The standard InChI is InChI=1S/C22H23ClFNO2.C3H9N/c1-25-11-10-17-13-22(21(23)12-18(17)14-26)27-20-8-4-16(5-9-20)15-2-6-19(24)7-3-15;1-2-3-4/h2-3,6-7,10-14,16,20,25H,4-5,8-9H2,1H3;2-4H2,1H3/b11-10-;. The predicted molar refractivity (Wildman–Crippen MR) is 126 cm³/mol. The Hall–Kier alpha value is -2.37. The first kappa shape index (κ1) is 24.9. The molecule has 1 fully saturated rings. The molecule has 0 unspecified atom stereocenters. The van der Waals surface area contributed by atoms with Gasteiger partial charge in [0.1, 0.15) is 11.6 Å². The number of carbonyl (C=O) groups excluding carboxylic acids is 1. The first-order valence-electron chi connectivity index (χ1n) is 10.8.